The minimum Gasteiger partial charge on any atom is -0.338 e. The van der Waals surface area contributed by atoms with Crippen LogP contribution in [0.2, 0.25) is 0 Å². The summed E-state index contributed by atoms with van der Waals surface area (Å²) in [4.78, 5) is 14.5. The first-order valence-electron chi connectivity index (χ1n) is 7.70. The molecule has 0 aromatic carbocycles. The zero-order valence-electron chi connectivity index (χ0n) is 11.7. The Balaban J connectivity index is 1.86. The number of rotatable bonds is 3. The van der Waals surface area contributed by atoms with Crippen LogP contribution in [-0.4, -0.2) is 29.9 Å². The molecule has 104 valence electrons. The molecular weight excluding hydrogens is 224 g/mol. The van der Waals surface area contributed by atoms with E-state index in [9.17, 15) is 4.79 Å². The van der Waals surface area contributed by atoms with Gasteiger partial charge in [0, 0.05) is 25.6 Å². The summed E-state index contributed by atoms with van der Waals surface area (Å²) in [5.74, 6) is 1.73. The fourth-order valence-electron chi connectivity index (χ4n) is 3.56. The van der Waals surface area contributed by atoms with Crippen LogP contribution in [0.15, 0.2) is 0 Å². The maximum absolute atomic E-state index is 12.4. The van der Waals surface area contributed by atoms with Crippen molar-refractivity contribution in [3.05, 3.63) is 0 Å². The van der Waals surface area contributed by atoms with Crippen molar-refractivity contribution < 1.29 is 4.79 Å². The number of carbonyl (C=O) groups excluding carboxylic acids is 1. The van der Waals surface area contributed by atoms with Gasteiger partial charge in [-0.2, -0.15) is 0 Å². The molecule has 2 rings (SSSR count). The summed E-state index contributed by atoms with van der Waals surface area (Å²) >= 11 is 0. The number of piperidine rings is 1. The molecule has 1 amide bonds. The third-order valence-corrected chi connectivity index (χ3v) is 4.76. The second-order valence-corrected chi connectivity index (χ2v) is 6.31. The topological polar surface area (TPSA) is 46.3 Å². The Kier molecular flexibility index (Phi) is 5.04. The predicted molar refractivity (Wildman–Crippen MR) is 74.1 cm³/mol. The summed E-state index contributed by atoms with van der Waals surface area (Å²) in [5, 5.41) is 0. The maximum atomic E-state index is 12.4. The monoisotopic (exact) mass is 252 g/mol. The van der Waals surface area contributed by atoms with Gasteiger partial charge >= 0.3 is 0 Å². The molecule has 2 unspecified atom stereocenters. The number of hydrogen-bond acceptors (Lipinski definition) is 2. The fraction of sp³-hybridized carbons (Fsp3) is 0.933. The Hall–Kier alpha value is -0.570. The Morgan fingerprint density at radius 2 is 1.94 bits per heavy atom. The van der Waals surface area contributed by atoms with Crippen molar-refractivity contribution in [2.75, 3.05) is 13.1 Å². The molecule has 0 aromatic heterocycles. The average Bonchev–Trinajstić information content (AvgIpc) is 2.39. The van der Waals surface area contributed by atoms with Gasteiger partial charge in [-0.25, -0.2) is 0 Å². The second-order valence-electron chi connectivity index (χ2n) is 6.31. The van der Waals surface area contributed by atoms with Gasteiger partial charge in [0.25, 0.3) is 0 Å². The van der Waals surface area contributed by atoms with Gasteiger partial charge in [-0.05, 0) is 37.5 Å². The summed E-state index contributed by atoms with van der Waals surface area (Å²) in [6.45, 7) is 3.82. The van der Waals surface area contributed by atoms with Crippen LogP contribution in [-0.2, 0) is 4.79 Å². The number of hydrogen-bond donors (Lipinski definition) is 1. The van der Waals surface area contributed by atoms with E-state index in [-0.39, 0.29) is 0 Å². The zero-order valence-corrected chi connectivity index (χ0v) is 11.7. The van der Waals surface area contributed by atoms with Crippen molar-refractivity contribution in [3.8, 4) is 0 Å². The average molecular weight is 252 g/mol. The third kappa shape index (κ3) is 3.47. The largest absolute Gasteiger partial charge is 0.338 e. The SMILES string of the molecule is CC1CCN(C(=O)CC2CCCCC2)C(CN)C1. The van der Waals surface area contributed by atoms with Crippen LogP contribution >= 0.6 is 0 Å². The highest BCUT2D eigenvalue weighted by molar-refractivity contribution is 5.77. The van der Waals surface area contributed by atoms with Crippen LogP contribution in [0, 0.1) is 11.8 Å². The molecule has 3 nitrogen and oxygen atoms in total. The van der Waals surface area contributed by atoms with Crippen LogP contribution in [0.1, 0.15) is 58.3 Å². The molecule has 1 saturated heterocycles. The smallest absolute Gasteiger partial charge is 0.223 e. The van der Waals surface area contributed by atoms with E-state index in [4.69, 9.17) is 5.73 Å². The maximum Gasteiger partial charge on any atom is 0.223 e. The summed E-state index contributed by atoms with van der Waals surface area (Å²) in [5.41, 5.74) is 5.83. The fourth-order valence-corrected chi connectivity index (χ4v) is 3.56. The van der Waals surface area contributed by atoms with Crippen LogP contribution in [0.5, 0.6) is 0 Å². The van der Waals surface area contributed by atoms with E-state index in [2.05, 4.69) is 11.8 Å². The Bertz CT molecular complexity index is 274. The lowest BCUT2D eigenvalue weighted by atomic mass is 9.85. The van der Waals surface area contributed by atoms with Crippen molar-refractivity contribution in [3.63, 3.8) is 0 Å². The van der Waals surface area contributed by atoms with E-state index in [1.807, 2.05) is 0 Å². The lowest BCUT2D eigenvalue weighted by molar-refractivity contribution is -0.136. The molecule has 2 fully saturated rings. The van der Waals surface area contributed by atoms with E-state index < -0.39 is 0 Å². The first-order chi connectivity index (χ1) is 8.70. The van der Waals surface area contributed by atoms with Crippen molar-refractivity contribution in [2.45, 2.75) is 64.3 Å². The first kappa shape index (κ1) is 13.9. The molecule has 0 radical (unpaired) electrons. The number of carbonyl (C=O) groups is 1. The van der Waals surface area contributed by atoms with Gasteiger partial charge in [0.15, 0.2) is 0 Å². The summed E-state index contributed by atoms with van der Waals surface area (Å²) in [6, 6.07) is 0.296. The molecule has 2 N–H and O–H groups in total. The molecule has 0 bridgehead atoms. The molecule has 2 aliphatic rings. The number of nitrogens with zero attached hydrogens (tertiary/aromatic N) is 1. The molecule has 1 aliphatic carbocycles. The highest BCUT2D eigenvalue weighted by atomic mass is 16.2. The number of likely N-dealkylation sites (tertiary alicyclic amines) is 1. The van der Waals surface area contributed by atoms with Crippen molar-refractivity contribution in [1.29, 1.82) is 0 Å². The van der Waals surface area contributed by atoms with E-state index in [1.165, 1.54) is 32.1 Å². The molecule has 3 heteroatoms. The Morgan fingerprint density at radius 3 is 2.61 bits per heavy atom. The quantitative estimate of drug-likeness (QED) is 0.839. The Morgan fingerprint density at radius 1 is 1.22 bits per heavy atom. The summed E-state index contributed by atoms with van der Waals surface area (Å²) in [7, 11) is 0. The van der Waals surface area contributed by atoms with Gasteiger partial charge in [-0.1, -0.05) is 26.2 Å². The van der Waals surface area contributed by atoms with Gasteiger partial charge in [0.2, 0.25) is 5.91 Å². The minimum atomic E-state index is 0.296. The van der Waals surface area contributed by atoms with E-state index in [0.717, 1.165) is 31.7 Å². The standard InChI is InChI=1S/C15H28N2O/c1-12-7-8-17(14(9-12)11-16)15(18)10-13-5-3-2-4-6-13/h12-14H,2-11,16H2,1H3. The number of nitrogens with two attached hydrogens (primary N) is 1. The zero-order chi connectivity index (χ0) is 13.0. The molecule has 1 aliphatic heterocycles. The van der Waals surface area contributed by atoms with Crippen molar-refractivity contribution in [2.24, 2.45) is 17.6 Å². The van der Waals surface area contributed by atoms with Gasteiger partial charge in [0.05, 0.1) is 0 Å². The van der Waals surface area contributed by atoms with Gasteiger partial charge in [0.1, 0.15) is 0 Å². The molecule has 0 aromatic rings. The minimum absolute atomic E-state index is 0.296. The van der Waals surface area contributed by atoms with Gasteiger partial charge in [-0.3, -0.25) is 4.79 Å². The molecule has 0 spiro atoms. The van der Waals surface area contributed by atoms with Crippen LogP contribution in [0.4, 0.5) is 0 Å². The molecule has 18 heavy (non-hydrogen) atoms. The van der Waals surface area contributed by atoms with Crippen molar-refractivity contribution in [1.82, 2.24) is 4.90 Å². The van der Waals surface area contributed by atoms with Crippen molar-refractivity contribution >= 4 is 5.91 Å². The number of amides is 1. The third-order valence-electron chi connectivity index (χ3n) is 4.76. The van der Waals surface area contributed by atoms with Gasteiger partial charge < -0.3 is 10.6 Å². The predicted octanol–water partition coefficient (Wildman–Crippen LogP) is 2.54. The van der Waals surface area contributed by atoms with E-state index in [0.29, 0.717) is 24.4 Å². The lowest BCUT2D eigenvalue weighted by Gasteiger charge is -2.39. The van der Waals surface area contributed by atoms with Crippen LogP contribution in [0.25, 0.3) is 0 Å². The second kappa shape index (κ2) is 6.55. The normalized spacial score (nSPS) is 30.4. The summed E-state index contributed by atoms with van der Waals surface area (Å²) < 4.78 is 0. The molecule has 2 atom stereocenters. The molecular formula is C15H28N2O. The summed E-state index contributed by atoms with van der Waals surface area (Å²) in [6.07, 6.45) is 9.50. The van der Waals surface area contributed by atoms with Crippen LogP contribution < -0.4 is 5.73 Å². The van der Waals surface area contributed by atoms with Gasteiger partial charge in [-0.15, -0.1) is 0 Å². The van der Waals surface area contributed by atoms with E-state index in [1.54, 1.807) is 0 Å². The molecule has 1 saturated carbocycles. The molecule has 1 heterocycles. The lowest BCUT2D eigenvalue weighted by Crippen LogP contribution is -2.49. The highest BCUT2D eigenvalue weighted by Gasteiger charge is 2.30. The van der Waals surface area contributed by atoms with Crippen LogP contribution in [0.3, 0.4) is 0 Å². The first-order valence-corrected chi connectivity index (χ1v) is 7.70. The highest BCUT2D eigenvalue weighted by Crippen LogP contribution is 2.29. The Labute approximate surface area is 111 Å². The van der Waals surface area contributed by atoms with E-state index >= 15 is 0 Å².